The van der Waals surface area contributed by atoms with Gasteiger partial charge in [0.05, 0.1) is 17.1 Å². The van der Waals surface area contributed by atoms with Crippen molar-refractivity contribution in [1.29, 1.82) is 0 Å². The van der Waals surface area contributed by atoms with Gasteiger partial charge in [0.1, 0.15) is 11.6 Å². The normalized spacial score (nSPS) is 16.7. The van der Waals surface area contributed by atoms with Crippen LogP contribution in [0.4, 0.5) is 17.3 Å². The molecule has 1 atom stereocenters. The van der Waals surface area contributed by atoms with Gasteiger partial charge in [-0.15, -0.1) is 0 Å². The molecule has 1 saturated carbocycles. The molecule has 21 heavy (non-hydrogen) atoms. The third kappa shape index (κ3) is 4.31. The van der Waals surface area contributed by atoms with Gasteiger partial charge in [0.25, 0.3) is 5.69 Å². The van der Waals surface area contributed by atoms with Crippen LogP contribution in [-0.2, 0) is 0 Å². The highest BCUT2D eigenvalue weighted by molar-refractivity contribution is 5.55. The second-order valence-corrected chi connectivity index (χ2v) is 5.76. The largest absolute Gasteiger partial charge is 0.370 e. The van der Waals surface area contributed by atoms with Crippen LogP contribution in [0.1, 0.15) is 46.0 Å². The molecule has 6 nitrogen and oxygen atoms in total. The molecule has 1 heterocycles. The number of hydrogen-bond donors (Lipinski definition) is 2. The van der Waals surface area contributed by atoms with E-state index in [-0.39, 0.29) is 10.6 Å². The van der Waals surface area contributed by atoms with Crippen LogP contribution in [-0.4, -0.2) is 22.5 Å². The molecular formula is C15H24N4O2. The predicted molar refractivity (Wildman–Crippen MR) is 84.7 cm³/mol. The first-order valence-corrected chi connectivity index (χ1v) is 7.77. The molecule has 0 radical (unpaired) electrons. The van der Waals surface area contributed by atoms with Gasteiger partial charge in [0.2, 0.25) is 0 Å². The van der Waals surface area contributed by atoms with E-state index in [0.717, 1.165) is 13.0 Å². The first-order valence-electron chi connectivity index (χ1n) is 7.77. The number of nitrogens with one attached hydrogen (secondary N) is 2. The molecule has 0 spiro atoms. The van der Waals surface area contributed by atoms with E-state index in [1.54, 1.807) is 0 Å². The standard InChI is InChI=1S/C15H24N4O2/c1-3-8-16-14-9-13(19(20)21)10-15(18-14)17-11(2)12-6-4-5-7-12/h9-12H,3-8H2,1-2H3,(H2,16,17,18). The van der Waals surface area contributed by atoms with Crippen molar-refractivity contribution in [1.82, 2.24) is 4.98 Å². The van der Waals surface area contributed by atoms with E-state index >= 15 is 0 Å². The first-order chi connectivity index (χ1) is 10.1. The van der Waals surface area contributed by atoms with Crippen LogP contribution in [0.3, 0.4) is 0 Å². The summed E-state index contributed by atoms with van der Waals surface area (Å²) in [4.78, 5) is 15.1. The van der Waals surface area contributed by atoms with E-state index in [9.17, 15) is 10.1 Å². The van der Waals surface area contributed by atoms with Crippen molar-refractivity contribution in [3.8, 4) is 0 Å². The minimum absolute atomic E-state index is 0.0738. The van der Waals surface area contributed by atoms with E-state index in [4.69, 9.17) is 0 Å². The first kappa shape index (κ1) is 15.5. The third-order valence-corrected chi connectivity index (χ3v) is 4.06. The fraction of sp³-hybridized carbons (Fsp3) is 0.667. The molecule has 1 aromatic heterocycles. The molecule has 2 N–H and O–H groups in total. The number of rotatable bonds is 7. The lowest BCUT2D eigenvalue weighted by Crippen LogP contribution is -2.24. The summed E-state index contributed by atoms with van der Waals surface area (Å²) in [5.74, 6) is 1.78. The van der Waals surface area contributed by atoms with E-state index in [2.05, 4.69) is 22.5 Å². The van der Waals surface area contributed by atoms with Crippen LogP contribution >= 0.6 is 0 Å². The second-order valence-electron chi connectivity index (χ2n) is 5.76. The minimum atomic E-state index is -0.371. The van der Waals surface area contributed by atoms with Crippen molar-refractivity contribution in [3.63, 3.8) is 0 Å². The Labute approximate surface area is 125 Å². The van der Waals surface area contributed by atoms with Gasteiger partial charge in [-0.2, -0.15) is 0 Å². The monoisotopic (exact) mass is 292 g/mol. The van der Waals surface area contributed by atoms with Crippen molar-refractivity contribution in [3.05, 3.63) is 22.2 Å². The molecule has 1 aliphatic rings. The van der Waals surface area contributed by atoms with Crippen LogP contribution in [0.2, 0.25) is 0 Å². The maximum Gasteiger partial charge on any atom is 0.276 e. The van der Waals surface area contributed by atoms with Crippen LogP contribution < -0.4 is 10.6 Å². The zero-order chi connectivity index (χ0) is 15.2. The molecule has 1 aliphatic carbocycles. The molecule has 0 aliphatic heterocycles. The molecule has 6 heteroatoms. The molecule has 1 fully saturated rings. The van der Waals surface area contributed by atoms with E-state index in [0.29, 0.717) is 23.6 Å². The molecular weight excluding hydrogens is 268 g/mol. The van der Waals surface area contributed by atoms with Crippen LogP contribution in [0.25, 0.3) is 0 Å². The maximum atomic E-state index is 11.0. The van der Waals surface area contributed by atoms with Crippen LogP contribution in [0.15, 0.2) is 12.1 Å². The quantitative estimate of drug-likeness (QED) is 0.590. The lowest BCUT2D eigenvalue weighted by atomic mass is 10.00. The summed E-state index contributed by atoms with van der Waals surface area (Å²) < 4.78 is 0. The highest BCUT2D eigenvalue weighted by atomic mass is 16.6. The van der Waals surface area contributed by atoms with E-state index in [1.165, 1.54) is 37.8 Å². The van der Waals surface area contributed by atoms with E-state index in [1.807, 2.05) is 6.92 Å². The molecule has 1 aromatic rings. The van der Waals surface area contributed by atoms with Crippen molar-refractivity contribution >= 4 is 17.3 Å². The Kier molecular flexibility index (Phi) is 5.36. The van der Waals surface area contributed by atoms with Gasteiger partial charge in [0, 0.05) is 12.6 Å². The Morgan fingerprint density at radius 1 is 1.38 bits per heavy atom. The minimum Gasteiger partial charge on any atom is -0.370 e. The van der Waals surface area contributed by atoms with E-state index < -0.39 is 0 Å². The Hall–Kier alpha value is -1.85. The number of aromatic nitrogens is 1. The summed E-state index contributed by atoms with van der Waals surface area (Å²) in [7, 11) is 0. The fourth-order valence-electron chi connectivity index (χ4n) is 2.85. The zero-order valence-electron chi connectivity index (χ0n) is 12.8. The van der Waals surface area contributed by atoms with Gasteiger partial charge in [-0.05, 0) is 32.1 Å². The summed E-state index contributed by atoms with van der Waals surface area (Å²) in [6.07, 6.45) is 5.96. The summed E-state index contributed by atoms with van der Waals surface area (Å²) in [5, 5.41) is 17.5. The van der Waals surface area contributed by atoms with Gasteiger partial charge < -0.3 is 10.6 Å². The van der Waals surface area contributed by atoms with Gasteiger partial charge in [-0.3, -0.25) is 10.1 Å². The smallest absolute Gasteiger partial charge is 0.276 e. The SMILES string of the molecule is CCCNc1cc([N+](=O)[O-])cc(NC(C)C2CCCC2)n1. The van der Waals surface area contributed by atoms with Crippen molar-refractivity contribution < 1.29 is 4.92 Å². The Bertz CT molecular complexity index is 487. The molecule has 2 rings (SSSR count). The number of pyridine rings is 1. The van der Waals surface area contributed by atoms with Crippen molar-refractivity contribution in [2.24, 2.45) is 5.92 Å². The van der Waals surface area contributed by atoms with Crippen molar-refractivity contribution in [2.45, 2.75) is 52.0 Å². The number of nitrogens with zero attached hydrogens (tertiary/aromatic N) is 2. The van der Waals surface area contributed by atoms with Gasteiger partial charge in [0.15, 0.2) is 0 Å². The zero-order valence-corrected chi connectivity index (χ0v) is 12.8. The van der Waals surface area contributed by atoms with Crippen molar-refractivity contribution in [2.75, 3.05) is 17.2 Å². The third-order valence-electron chi connectivity index (χ3n) is 4.06. The molecule has 0 bridgehead atoms. The molecule has 0 aromatic carbocycles. The predicted octanol–water partition coefficient (Wildman–Crippen LogP) is 3.80. The Balaban J connectivity index is 2.12. The molecule has 0 saturated heterocycles. The fourth-order valence-corrected chi connectivity index (χ4v) is 2.85. The summed E-state index contributed by atoms with van der Waals surface area (Å²) >= 11 is 0. The average molecular weight is 292 g/mol. The average Bonchev–Trinajstić information content (AvgIpc) is 2.99. The number of anilines is 2. The highest BCUT2D eigenvalue weighted by Gasteiger charge is 2.22. The van der Waals surface area contributed by atoms with Crippen LogP contribution in [0.5, 0.6) is 0 Å². The number of hydrogen-bond acceptors (Lipinski definition) is 5. The number of nitro groups is 1. The van der Waals surface area contributed by atoms with Gasteiger partial charge >= 0.3 is 0 Å². The topological polar surface area (TPSA) is 80.1 Å². The van der Waals surface area contributed by atoms with Gasteiger partial charge in [-0.1, -0.05) is 19.8 Å². The second kappa shape index (κ2) is 7.24. The summed E-state index contributed by atoms with van der Waals surface area (Å²) in [6.45, 7) is 4.94. The molecule has 1 unspecified atom stereocenters. The summed E-state index contributed by atoms with van der Waals surface area (Å²) in [5.41, 5.74) is 0.0738. The maximum absolute atomic E-state index is 11.0. The molecule has 116 valence electrons. The highest BCUT2D eigenvalue weighted by Crippen LogP contribution is 2.30. The summed E-state index contributed by atoms with van der Waals surface area (Å²) in [6, 6.07) is 3.30. The Morgan fingerprint density at radius 2 is 2.05 bits per heavy atom. The lowest BCUT2D eigenvalue weighted by Gasteiger charge is -2.21. The van der Waals surface area contributed by atoms with Crippen LogP contribution in [0, 0.1) is 16.0 Å². The lowest BCUT2D eigenvalue weighted by molar-refractivity contribution is -0.384. The van der Waals surface area contributed by atoms with Gasteiger partial charge in [-0.25, -0.2) is 4.98 Å². The molecule has 0 amide bonds. The Morgan fingerprint density at radius 3 is 2.67 bits per heavy atom.